The van der Waals surface area contributed by atoms with E-state index in [0.717, 1.165) is 22.8 Å². The Kier molecular flexibility index (Phi) is 5.30. The molecule has 8 heteroatoms. The van der Waals surface area contributed by atoms with Gasteiger partial charge in [-0.3, -0.25) is 14.9 Å². The van der Waals surface area contributed by atoms with Crippen LogP contribution in [-0.2, 0) is 0 Å². The first-order chi connectivity index (χ1) is 12.1. The number of ether oxygens (including phenoxy) is 1. The highest BCUT2D eigenvalue weighted by Crippen LogP contribution is 2.23. The van der Waals surface area contributed by atoms with Crippen LogP contribution in [0.3, 0.4) is 0 Å². The maximum absolute atomic E-state index is 11.9. The minimum Gasteiger partial charge on any atom is -0.489 e. The first-order valence-corrected chi connectivity index (χ1v) is 8.69. The summed E-state index contributed by atoms with van der Waals surface area (Å²) in [6.45, 7) is 0. The number of nitrogens with one attached hydrogen (secondary N) is 1. The van der Waals surface area contributed by atoms with Gasteiger partial charge in [-0.1, -0.05) is 0 Å². The molecular formula is C17H15N3O4S. The molecule has 2 aromatic rings. The molecule has 0 saturated carbocycles. The van der Waals surface area contributed by atoms with Crippen molar-refractivity contribution in [3.05, 3.63) is 69.8 Å². The van der Waals surface area contributed by atoms with Crippen molar-refractivity contribution in [2.75, 3.05) is 11.5 Å². The van der Waals surface area contributed by atoms with E-state index in [1.54, 1.807) is 0 Å². The van der Waals surface area contributed by atoms with E-state index in [1.807, 2.05) is 36.0 Å². The number of non-ortho nitro benzene ring substituents is 1. The van der Waals surface area contributed by atoms with E-state index in [9.17, 15) is 14.9 Å². The van der Waals surface area contributed by atoms with E-state index in [-0.39, 0.29) is 5.69 Å². The highest BCUT2D eigenvalue weighted by atomic mass is 32.2. The zero-order valence-electron chi connectivity index (χ0n) is 13.1. The maximum atomic E-state index is 11.9. The van der Waals surface area contributed by atoms with Gasteiger partial charge >= 0.3 is 0 Å². The Morgan fingerprint density at radius 1 is 1.20 bits per heavy atom. The topological polar surface area (TPSA) is 93.8 Å². The summed E-state index contributed by atoms with van der Waals surface area (Å²) < 4.78 is 5.75. The van der Waals surface area contributed by atoms with Gasteiger partial charge in [-0.2, -0.15) is 16.9 Å². The molecule has 0 bridgehead atoms. The third kappa shape index (κ3) is 4.57. The van der Waals surface area contributed by atoms with Crippen molar-refractivity contribution >= 4 is 29.6 Å². The number of nitro benzene ring substituents is 1. The lowest BCUT2D eigenvalue weighted by Gasteiger charge is -2.25. The smallest absolute Gasteiger partial charge is 0.271 e. The molecule has 25 heavy (non-hydrogen) atoms. The molecule has 0 unspecified atom stereocenters. The Morgan fingerprint density at radius 3 is 2.44 bits per heavy atom. The highest BCUT2D eigenvalue weighted by Gasteiger charge is 2.19. The first-order valence-electron chi connectivity index (χ1n) is 7.54. The number of nitro groups is 1. The standard InChI is InChI=1S/C17H15N3O4S/c21-17(13-3-5-14(6-4-13)20(22)23)19-18-9-12-1-7-15(8-2-12)24-16-10-25-11-16/h1-9,16H,10-11H2,(H,19,21)/b18-9+. The Balaban J connectivity index is 1.53. The molecule has 0 atom stereocenters. The molecule has 1 amide bonds. The van der Waals surface area contributed by atoms with Crippen LogP contribution in [-0.4, -0.2) is 34.7 Å². The summed E-state index contributed by atoms with van der Waals surface area (Å²) in [5, 5.41) is 14.5. The van der Waals surface area contributed by atoms with Gasteiger partial charge in [-0.15, -0.1) is 0 Å². The fourth-order valence-electron chi connectivity index (χ4n) is 2.07. The minimum atomic E-state index is -0.517. The van der Waals surface area contributed by atoms with Crippen LogP contribution in [0.15, 0.2) is 53.6 Å². The Morgan fingerprint density at radius 2 is 1.88 bits per heavy atom. The Labute approximate surface area is 148 Å². The lowest BCUT2D eigenvalue weighted by atomic mass is 10.2. The van der Waals surface area contributed by atoms with E-state index >= 15 is 0 Å². The van der Waals surface area contributed by atoms with Crippen molar-refractivity contribution in [2.45, 2.75) is 6.10 Å². The molecule has 0 aromatic heterocycles. The van der Waals surface area contributed by atoms with Crippen molar-refractivity contribution in [3.63, 3.8) is 0 Å². The summed E-state index contributed by atoms with van der Waals surface area (Å²) in [5.74, 6) is 2.43. The van der Waals surface area contributed by atoms with E-state index in [1.165, 1.54) is 30.5 Å². The van der Waals surface area contributed by atoms with Crippen LogP contribution in [0.2, 0.25) is 0 Å². The van der Waals surface area contributed by atoms with Gasteiger partial charge in [0.2, 0.25) is 0 Å². The molecular weight excluding hydrogens is 342 g/mol. The van der Waals surface area contributed by atoms with Crippen molar-refractivity contribution < 1.29 is 14.5 Å². The molecule has 7 nitrogen and oxygen atoms in total. The van der Waals surface area contributed by atoms with Crippen molar-refractivity contribution in [1.29, 1.82) is 0 Å². The zero-order valence-corrected chi connectivity index (χ0v) is 13.9. The predicted molar refractivity (Wildman–Crippen MR) is 96.3 cm³/mol. The molecule has 1 heterocycles. The summed E-state index contributed by atoms with van der Waals surface area (Å²) in [6, 6.07) is 12.7. The zero-order chi connectivity index (χ0) is 17.6. The lowest BCUT2D eigenvalue weighted by molar-refractivity contribution is -0.384. The normalized spacial score (nSPS) is 14.1. The second kappa shape index (κ2) is 7.80. The summed E-state index contributed by atoms with van der Waals surface area (Å²) >= 11 is 1.86. The number of hydrogen-bond acceptors (Lipinski definition) is 6. The molecule has 0 spiro atoms. The van der Waals surface area contributed by atoms with E-state index < -0.39 is 10.8 Å². The molecule has 1 saturated heterocycles. The summed E-state index contributed by atoms with van der Waals surface area (Å²) in [4.78, 5) is 22.0. The second-order valence-electron chi connectivity index (χ2n) is 5.35. The number of hydrogen-bond donors (Lipinski definition) is 1. The van der Waals surface area contributed by atoms with Crippen molar-refractivity contribution in [2.24, 2.45) is 5.10 Å². The van der Waals surface area contributed by atoms with Gasteiger partial charge in [0.05, 0.1) is 11.1 Å². The summed E-state index contributed by atoms with van der Waals surface area (Å²) in [6.07, 6.45) is 1.82. The van der Waals surface area contributed by atoms with Crippen LogP contribution in [0.25, 0.3) is 0 Å². The van der Waals surface area contributed by atoms with Crippen LogP contribution >= 0.6 is 11.8 Å². The van der Waals surface area contributed by atoms with Gasteiger partial charge in [0.25, 0.3) is 11.6 Å². The quantitative estimate of drug-likeness (QED) is 0.487. The fourth-order valence-corrected chi connectivity index (χ4v) is 2.64. The fraction of sp³-hybridized carbons (Fsp3) is 0.176. The van der Waals surface area contributed by atoms with Crippen LogP contribution in [0, 0.1) is 10.1 Å². The third-order valence-electron chi connectivity index (χ3n) is 3.51. The van der Waals surface area contributed by atoms with Crippen molar-refractivity contribution in [3.8, 4) is 5.75 Å². The molecule has 0 radical (unpaired) electrons. The van der Waals surface area contributed by atoms with Crippen LogP contribution < -0.4 is 10.2 Å². The van der Waals surface area contributed by atoms with Gasteiger partial charge in [-0.05, 0) is 42.0 Å². The Hall–Kier alpha value is -2.87. The molecule has 3 rings (SSSR count). The van der Waals surface area contributed by atoms with Gasteiger partial charge < -0.3 is 4.74 Å². The number of thioether (sulfide) groups is 1. The number of amides is 1. The lowest BCUT2D eigenvalue weighted by Crippen LogP contribution is -2.30. The van der Waals surface area contributed by atoms with Gasteiger partial charge in [-0.25, -0.2) is 5.43 Å². The van der Waals surface area contributed by atoms with E-state index in [4.69, 9.17) is 4.74 Å². The summed E-state index contributed by atoms with van der Waals surface area (Å²) in [7, 11) is 0. The van der Waals surface area contributed by atoms with Crippen molar-refractivity contribution in [1.82, 2.24) is 5.43 Å². The van der Waals surface area contributed by atoms with E-state index in [0.29, 0.717) is 11.7 Å². The van der Waals surface area contributed by atoms with Crippen LogP contribution in [0.1, 0.15) is 15.9 Å². The number of hydrazone groups is 1. The van der Waals surface area contributed by atoms with Crippen LogP contribution in [0.5, 0.6) is 5.75 Å². The summed E-state index contributed by atoms with van der Waals surface area (Å²) in [5.41, 5.74) is 3.44. The number of carbonyl (C=O) groups excluding carboxylic acids is 1. The number of benzene rings is 2. The monoisotopic (exact) mass is 357 g/mol. The first kappa shape index (κ1) is 17.0. The number of nitrogens with zero attached hydrogens (tertiary/aromatic N) is 2. The number of rotatable bonds is 6. The average Bonchev–Trinajstić information content (AvgIpc) is 2.59. The maximum Gasteiger partial charge on any atom is 0.271 e. The average molecular weight is 357 g/mol. The third-order valence-corrected chi connectivity index (χ3v) is 4.73. The molecule has 2 aromatic carbocycles. The van der Waals surface area contributed by atoms with Crippen LogP contribution in [0.4, 0.5) is 5.69 Å². The molecule has 1 aliphatic heterocycles. The molecule has 1 N–H and O–H groups in total. The Bertz CT molecular complexity index is 787. The van der Waals surface area contributed by atoms with Gasteiger partial charge in [0.15, 0.2) is 0 Å². The molecule has 0 aliphatic carbocycles. The molecule has 128 valence electrons. The van der Waals surface area contributed by atoms with Gasteiger partial charge in [0, 0.05) is 29.2 Å². The largest absolute Gasteiger partial charge is 0.489 e. The second-order valence-corrected chi connectivity index (χ2v) is 6.42. The SMILES string of the molecule is O=C(N/N=C/c1ccc(OC2CSC2)cc1)c1ccc([N+](=O)[O-])cc1. The predicted octanol–water partition coefficient (Wildman–Crippen LogP) is 2.85. The molecule has 1 fully saturated rings. The molecule has 1 aliphatic rings. The highest BCUT2D eigenvalue weighted by molar-refractivity contribution is 8.00. The van der Waals surface area contributed by atoms with Gasteiger partial charge in [0.1, 0.15) is 11.9 Å². The number of carbonyl (C=O) groups is 1. The van der Waals surface area contributed by atoms with E-state index in [2.05, 4.69) is 10.5 Å². The minimum absolute atomic E-state index is 0.0668.